The van der Waals surface area contributed by atoms with Gasteiger partial charge in [0.1, 0.15) is 10.8 Å². The molecular weight excluding hydrogens is 331 g/mol. The van der Waals surface area contributed by atoms with Crippen molar-refractivity contribution in [3.05, 3.63) is 51.7 Å². The number of amides is 1. The van der Waals surface area contributed by atoms with Crippen LogP contribution < -0.4 is 0 Å². The smallest absolute Gasteiger partial charge is 0.357 e. The van der Waals surface area contributed by atoms with Crippen molar-refractivity contribution in [2.75, 3.05) is 13.2 Å². The summed E-state index contributed by atoms with van der Waals surface area (Å²) in [5.41, 5.74) is 0.539. The molecule has 0 saturated heterocycles. The van der Waals surface area contributed by atoms with Gasteiger partial charge in [-0.3, -0.25) is 4.79 Å². The molecule has 128 valence electrons. The first-order valence-corrected chi connectivity index (χ1v) is 8.59. The summed E-state index contributed by atoms with van der Waals surface area (Å²) in [7, 11) is 0. The molecule has 2 rings (SSSR count). The Kier molecular flexibility index (Phi) is 6.43. The average Bonchev–Trinajstić information content (AvgIpc) is 3.03. The van der Waals surface area contributed by atoms with E-state index in [1.807, 2.05) is 6.92 Å². The molecule has 0 radical (unpaired) electrons. The number of rotatable bonds is 7. The van der Waals surface area contributed by atoms with Gasteiger partial charge in [0, 0.05) is 17.5 Å². The first-order valence-electron chi connectivity index (χ1n) is 7.71. The van der Waals surface area contributed by atoms with Crippen LogP contribution in [0, 0.1) is 5.82 Å². The molecule has 0 saturated carbocycles. The van der Waals surface area contributed by atoms with Crippen molar-refractivity contribution in [3.8, 4) is 0 Å². The molecule has 0 atom stereocenters. The molecule has 0 aliphatic rings. The van der Waals surface area contributed by atoms with Gasteiger partial charge in [-0.05, 0) is 31.5 Å². The molecule has 0 bridgehead atoms. The van der Waals surface area contributed by atoms with E-state index in [1.54, 1.807) is 23.3 Å². The van der Waals surface area contributed by atoms with E-state index < -0.39 is 11.8 Å². The Bertz CT molecular complexity index is 717. The highest BCUT2D eigenvalue weighted by molar-refractivity contribution is 7.09. The lowest BCUT2D eigenvalue weighted by Gasteiger charge is -2.21. The lowest BCUT2D eigenvalue weighted by atomic mass is 10.2. The van der Waals surface area contributed by atoms with E-state index in [9.17, 15) is 14.0 Å². The molecule has 0 N–H and O–H groups in total. The first kappa shape index (κ1) is 18.1. The number of carbonyl (C=O) groups excluding carboxylic acids is 2. The molecule has 0 aliphatic heterocycles. The van der Waals surface area contributed by atoms with Gasteiger partial charge in [-0.1, -0.05) is 13.0 Å². The summed E-state index contributed by atoms with van der Waals surface area (Å²) in [6.45, 7) is 4.76. The largest absolute Gasteiger partial charge is 0.461 e. The van der Waals surface area contributed by atoms with Crippen LogP contribution in [0.2, 0.25) is 0 Å². The molecule has 1 aromatic carbocycles. The average molecular weight is 350 g/mol. The second kappa shape index (κ2) is 8.54. The van der Waals surface area contributed by atoms with E-state index >= 15 is 0 Å². The topological polar surface area (TPSA) is 59.5 Å². The Morgan fingerprint density at radius 2 is 2.12 bits per heavy atom. The van der Waals surface area contributed by atoms with Gasteiger partial charge in [-0.15, -0.1) is 11.3 Å². The summed E-state index contributed by atoms with van der Waals surface area (Å²) in [6, 6.07) is 5.61. The fourth-order valence-corrected chi connectivity index (χ4v) is 2.95. The predicted molar refractivity (Wildman–Crippen MR) is 89.5 cm³/mol. The third-order valence-corrected chi connectivity index (χ3v) is 4.05. The minimum atomic E-state index is -0.474. The van der Waals surface area contributed by atoms with Crippen molar-refractivity contribution in [1.82, 2.24) is 9.88 Å². The van der Waals surface area contributed by atoms with Gasteiger partial charge >= 0.3 is 5.97 Å². The summed E-state index contributed by atoms with van der Waals surface area (Å²) in [5, 5.41) is 2.25. The van der Waals surface area contributed by atoms with Crippen molar-refractivity contribution >= 4 is 23.2 Å². The Morgan fingerprint density at radius 1 is 1.33 bits per heavy atom. The molecule has 1 amide bonds. The highest BCUT2D eigenvalue weighted by Gasteiger charge is 2.19. The second-order valence-corrected chi connectivity index (χ2v) is 6.03. The van der Waals surface area contributed by atoms with Crippen LogP contribution in [-0.4, -0.2) is 34.9 Å². The van der Waals surface area contributed by atoms with Crippen LogP contribution >= 0.6 is 11.3 Å². The quantitative estimate of drug-likeness (QED) is 0.717. The molecule has 0 spiro atoms. The van der Waals surface area contributed by atoms with E-state index in [-0.39, 0.29) is 24.8 Å². The Balaban J connectivity index is 2.13. The normalized spacial score (nSPS) is 10.5. The number of nitrogens with zero attached hydrogens (tertiary/aromatic N) is 2. The Morgan fingerprint density at radius 3 is 2.79 bits per heavy atom. The van der Waals surface area contributed by atoms with E-state index in [2.05, 4.69) is 4.98 Å². The zero-order chi connectivity index (χ0) is 17.5. The lowest BCUT2D eigenvalue weighted by Crippen LogP contribution is -2.31. The van der Waals surface area contributed by atoms with Crippen molar-refractivity contribution in [2.24, 2.45) is 0 Å². The van der Waals surface area contributed by atoms with Gasteiger partial charge in [0.25, 0.3) is 5.91 Å². The van der Waals surface area contributed by atoms with Gasteiger partial charge in [0.15, 0.2) is 5.69 Å². The highest BCUT2D eigenvalue weighted by atomic mass is 32.1. The molecule has 0 unspecified atom stereocenters. The van der Waals surface area contributed by atoms with Crippen LogP contribution in [0.1, 0.15) is 46.1 Å². The lowest BCUT2D eigenvalue weighted by molar-refractivity contribution is 0.0520. The molecule has 1 aromatic heterocycles. The number of aromatic nitrogens is 1. The summed E-state index contributed by atoms with van der Waals surface area (Å²) in [6.07, 6.45) is 0.761. The fraction of sp³-hybridized carbons (Fsp3) is 0.353. The number of hydrogen-bond donors (Lipinski definition) is 0. The zero-order valence-corrected chi connectivity index (χ0v) is 14.4. The monoisotopic (exact) mass is 350 g/mol. The number of thiazole rings is 1. The number of halogens is 1. The third kappa shape index (κ3) is 4.61. The zero-order valence-electron chi connectivity index (χ0n) is 13.6. The van der Waals surface area contributed by atoms with Crippen LogP contribution in [-0.2, 0) is 11.3 Å². The fourth-order valence-electron chi connectivity index (χ4n) is 2.17. The highest BCUT2D eigenvalue weighted by Crippen LogP contribution is 2.16. The van der Waals surface area contributed by atoms with Crippen LogP contribution in [0.15, 0.2) is 29.6 Å². The molecule has 24 heavy (non-hydrogen) atoms. The summed E-state index contributed by atoms with van der Waals surface area (Å²) in [4.78, 5) is 30.1. The SMILES string of the molecule is CCCN(Cc1nc(C(=O)OCC)cs1)C(=O)c1cccc(F)c1. The van der Waals surface area contributed by atoms with Gasteiger partial charge in [-0.2, -0.15) is 0 Å². The summed E-state index contributed by atoms with van der Waals surface area (Å²) < 4.78 is 18.2. The number of benzene rings is 1. The van der Waals surface area contributed by atoms with Crippen LogP contribution in [0.3, 0.4) is 0 Å². The molecule has 5 nitrogen and oxygen atoms in total. The van der Waals surface area contributed by atoms with Crippen molar-refractivity contribution in [3.63, 3.8) is 0 Å². The number of carbonyl (C=O) groups is 2. The molecule has 0 fully saturated rings. The molecule has 2 aromatic rings. The number of esters is 1. The molecule has 1 heterocycles. The first-order chi connectivity index (χ1) is 11.5. The van der Waals surface area contributed by atoms with Gasteiger partial charge in [0.2, 0.25) is 0 Å². The predicted octanol–water partition coefficient (Wildman–Crippen LogP) is 3.51. The van der Waals surface area contributed by atoms with Crippen molar-refractivity contribution in [1.29, 1.82) is 0 Å². The van der Waals surface area contributed by atoms with Gasteiger partial charge < -0.3 is 9.64 Å². The van der Waals surface area contributed by atoms with Gasteiger partial charge in [0.05, 0.1) is 13.2 Å². The second-order valence-electron chi connectivity index (χ2n) is 5.08. The van der Waals surface area contributed by atoms with E-state index in [0.29, 0.717) is 17.1 Å². The maximum Gasteiger partial charge on any atom is 0.357 e. The Hall–Kier alpha value is -2.28. The minimum absolute atomic E-state index is 0.242. The Labute approximate surface area is 144 Å². The van der Waals surface area contributed by atoms with E-state index in [0.717, 1.165) is 6.42 Å². The maximum atomic E-state index is 13.3. The standard InChI is InChI=1S/C17H19FN2O3S/c1-3-8-20(16(21)12-6-5-7-13(18)9-12)10-15-19-14(11-24-15)17(22)23-4-2/h5-7,9,11H,3-4,8,10H2,1-2H3. The number of ether oxygens (including phenoxy) is 1. The van der Waals surface area contributed by atoms with E-state index in [1.165, 1.54) is 29.5 Å². The van der Waals surface area contributed by atoms with Gasteiger partial charge in [-0.25, -0.2) is 14.2 Å². The maximum absolute atomic E-state index is 13.3. The van der Waals surface area contributed by atoms with Crippen LogP contribution in [0.5, 0.6) is 0 Å². The summed E-state index contributed by atoms with van der Waals surface area (Å²) >= 11 is 1.29. The molecular formula is C17H19FN2O3S. The van der Waals surface area contributed by atoms with Crippen LogP contribution in [0.25, 0.3) is 0 Å². The minimum Gasteiger partial charge on any atom is -0.461 e. The van der Waals surface area contributed by atoms with Crippen molar-refractivity contribution in [2.45, 2.75) is 26.8 Å². The van der Waals surface area contributed by atoms with Crippen LogP contribution in [0.4, 0.5) is 4.39 Å². The number of hydrogen-bond acceptors (Lipinski definition) is 5. The van der Waals surface area contributed by atoms with E-state index in [4.69, 9.17) is 4.74 Å². The third-order valence-electron chi connectivity index (χ3n) is 3.21. The molecule has 0 aliphatic carbocycles. The molecule has 7 heteroatoms. The summed E-state index contributed by atoms with van der Waals surface area (Å²) in [5.74, 6) is -1.18. The van der Waals surface area contributed by atoms with Crippen molar-refractivity contribution < 1.29 is 18.7 Å².